The van der Waals surface area contributed by atoms with Crippen LogP contribution in [0.4, 0.5) is 0 Å². The molecule has 1 aromatic rings. The zero-order chi connectivity index (χ0) is 11.2. The second-order valence-electron chi connectivity index (χ2n) is 4.05. The van der Waals surface area contributed by atoms with Crippen LogP contribution in [0, 0.1) is 0 Å². The van der Waals surface area contributed by atoms with Crippen LogP contribution in [-0.4, -0.2) is 30.8 Å². The highest BCUT2D eigenvalue weighted by Crippen LogP contribution is 2.17. The van der Waals surface area contributed by atoms with E-state index in [-0.39, 0.29) is 6.10 Å². The molecule has 88 valence electrons. The molecule has 0 aliphatic carbocycles. The highest BCUT2D eigenvalue weighted by Gasteiger charge is 2.26. The normalized spacial score (nSPS) is 24.8. The number of ether oxygens (including phenoxy) is 2. The molecule has 0 radical (unpaired) electrons. The monoisotopic (exact) mass is 284 g/mol. The van der Waals surface area contributed by atoms with E-state index >= 15 is 0 Å². The van der Waals surface area contributed by atoms with E-state index in [9.17, 15) is 0 Å². The Morgan fingerprint density at radius 2 is 2.06 bits per heavy atom. The van der Waals surface area contributed by atoms with Crippen LogP contribution in [0.2, 0.25) is 0 Å². The van der Waals surface area contributed by atoms with Crippen LogP contribution >= 0.6 is 15.9 Å². The predicted molar refractivity (Wildman–Crippen MR) is 68.0 cm³/mol. The average Bonchev–Trinajstić information content (AvgIpc) is 2.72. The van der Waals surface area contributed by atoms with Crippen molar-refractivity contribution in [1.29, 1.82) is 0 Å². The van der Waals surface area contributed by atoms with Crippen molar-refractivity contribution in [2.45, 2.75) is 23.8 Å². The quantitative estimate of drug-likeness (QED) is 0.612. The van der Waals surface area contributed by atoms with Gasteiger partial charge in [-0.15, -0.1) is 0 Å². The van der Waals surface area contributed by atoms with Crippen molar-refractivity contribution >= 4 is 15.9 Å². The van der Waals surface area contributed by atoms with E-state index in [1.807, 2.05) is 6.07 Å². The summed E-state index contributed by atoms with van der Waals surface area (Å²) >= 11 is 3.55. The summed E-state index contributed by atoms with van der Waals surface area (Å²) in [6, 6.07) is 10.5. The van der Waals surface area contributed by atoms with Crippen LogP contribution in [-0.2, 0) is 15.9 Å². The van der Waals surface area contributed by atoms with Crippen molar-refractivity contribution in [2.24, 2.45) is 0 Å². The van der Waals surface area contributed by atoms with Gasteiger partial charge in [0.15, 0.2) is 0 Å². The lowest BCUT2D eigenvalue weighted by atomic mass is 10.1. The first-order chi connectivity index (χ1) is 7.86. The molecule has 1 fully saturated rings. The standard InChI is InChI=1S/C13H17BrO2/c14-12-9-15-10-13(12)16-8-4-7-11-5-2-1-3-6-11/h1-3,5-6,12-13H,4,7-10H2. The molecule has 3 heteroatoms. The molecule has 1 heterocycles. The Balaban J connectivity index is 1.62. The van der Waals surface area contributed by atoms with E-state index < -0.39 is 0 Å². The van der Waals surface area contributed by atoms with E-state index in [1.54, 1.807) is 0 Å². The molecular formula is C13H17BrO2. The molecule has 1 aliphatic heterocycles. The van der Waals surface area contributed by atoms with Crippen molar-refractivity contribution in [3.63, 3.8) is 0 Å². The zero-order valence-corrected chi connectivity index (χ0v) is 10.9. The van der Waals surface area contributed by atoms with Crippen molar-refractivity contribution in [1.82, 2.24) is 0 Å². The molecule has 0 N–H and O–H groups in total. The molecule has 2 atom stereocenters. The van der Waals surface area contributed by atoms with Crippen molar-refractivity contribution in [3.05, 3.63) is 35.9 Å². The molecule has 0 aromatic heterocycles. The van der Waals surface area contributed by atoms with E-state index in [0.29, 0.717) is 4.83 Å². The smallest absolute Gasteiger partial charge is 0.0955 e. The maximum absolute atomic E-state index is 5.77. The van der Waals surface area contributed by atoms with Gasteiger partial charge >= 0.3 is 0 Å². The summed E-state index contributed by atoms with van der Waals surface area (Å²) in [6.45, 7) is 2.30. The molecule has 2 nitrogen and oxygen atoms in total. The van der Waals surface area contributed by atoms with Gasteiger partial charge in [0.1, 0.15) is 0 Å². The van der Waals surface area contributed by atoms with Crippen molar-refractivity contribution in [3.8, 4) is 0 Å². The second kappa shape index (κ2) is 6.38. The molecule has 1 aliphatic rings. The number of halogens is 1. The largest absolute Gasteiger partial charge is 0.377 e. The van der Waals surface area contributed by atoms with Gasteiger partial charge in [-0.3, -0.25) is 0 Å². The SMILES string of the molecule is BrC1COCC1OCCCc1ccccc1. The third-order valence-electron chi connectivity index (χ3n) is 2.75. The van der Waals surface area contributed by atoms with Crippen LogP contribution < -0.4 is 0 Å². The molecule has 0 spiro atoms. The number of rotatable bonds is 5. The number of hydrogen-bond acceptors (Lipinski definition) is 2. The molecule has 2 rings (SSSR count). The second-order valence-corrected chi connectivity index (χ2v) is 5.23. The number of benzene rings is 1. The molecule has 1 saturated heterocycles. The molecule has 0 amide bonds. The van der Waals surface area contributed by atoms with Crippen LogP contribution in [0.5, 0.6) is 0 Å². The molecule has 0 bridgehead atoms. The fourth-order valence-electron chi connectivity index (χ4n) is 1.82. The minimum Gasteiger partial charge on any atom is -0.377 e. The summed E-state index contributed by atoms with van der Waals surface area (Å²) in [5.74, 6) is 0. The summed E-state index contributed by atoms with van der Waals surface area (Å²) in [7, 11) is 0. The van der Waals surface area contributed by atoms with E-state index in [2.05, 4.69) is 40.2 Å². The number of aryl methyl sites for hydroxylation is 1. The van der Waals surface area contributed by atoms with Gasteiger partial charge in [0.05, 0.1) is 24.1 Å². The summed E-state index contributed by atoms with van der Waals surface area (Å²) in [5.41, 5.74) is 1.38. The van der Waals surface area contributed by atoms with Gasteiger partial charge in [-0.2, -0.15) is 0 Å². The highest BCUT2D eigenvalue weighted by molar-refractivity contribution is 9.09. The minimum absolute atomic E-state index is 0.232. The van der Waals surface area contributed by atoms with Gasteiger partial charge < -0.3 is 9.47 Å². The Labute approximate surface area is 105 Å². The third-order valence-corrected chi connectivity index (χ3v) is 3.60. The minimum atomic E-state index is 0.232. The lowest BCUT2D eigenvalue weighted by Crippen LogP contribution is -2.22. The van der Waals surface area contributed by atoms with Crippen molar-refractivity contribution < 1.29 is 9.47 Å². The topological polar surface area (TPSA) is 18.5 Å². The summed E-state index contributed by atoms with van der Waals surface area (Å²) in [5, 5.41) is 0. The fraction of sp³-hybridized carbons (Fsp3) is 0.538. The Hall–Kier alpha value is -0.380. The third kappa shape index (κ3) is 3.58. The fourth-order valence-corrected chi connectivity index (χ4v) is 2.31. The first-order valence-electron chi connectivity index (χ1n) is 5.73. The van der Waals surface area contributed by atoms with E-state index in [4.69, 9.17) is 9.47 Å². The van der Waals surface area contributed by atoms with Gasteiger partial charge in [0.25, 0.3) is 0 Å². The Bertz CT molecular complexity index is 302. The van der Waals surface area contributed by atoms with Crippen LogP contribution in [0.15, 0.2) is 30.3 Å². The Kier molecular flexibility index (Phi) is 4.82. The van der Waals surface area contributed by atoms with Crippen LogP contribution in [0.25, 0.3) is 0 Å². The van der Waals surface area contributed by atoms with Crippen LogP contribution in [0.1, 0.15) is 12.0 Å². The van der Waals surface area contributed by atoms with Gasteiger partial charge in [-0.05, 0) is 18.4 Å². The Morgan fingerprint density at radius 3 is 2.75 bits per heavy atom. The zero-order valence-electron chi connectivity index (χ0n) is 9.27. The first-order valence-corrected chi connectivity index (χ1v) is 6.65. The first kappa shape index (κ1) is 12.1. The maximum Gasteiger partial charge on any atom is 0.0955 e. The summed E-state index contributed by atoms with van der Waals surface area (Å²) < 4.78 is 11.1. The highest BCUT2D eigenvalue weighted by atomic mass is 79.9. The summed E-state index contributed by atoms with van der Waals surface area (Å²) in [6.07, 6.45) is 2.39. The van der Waals surface area contributed by atoms with Gasteiger partial charge in [0.2, 0.25) is 0 Å². The van der Waals surface area contributed by atoms with E-state index in [1.165, 1.54) is 5.56 Å². The lowest BCUT2D eigenvalue weighted by molar-refractivity contribution is 0.0437. The average molecular weight is 285 g/mol. The van der Waals surface area contributed by atoms with Crippen molar-refractivity contribution in [2.75, 3.05) is 19.8 Å². The number of alkyl halides is 1. The summed E-state index contributed by atoms with van der Waals surface area (Å²) in [4.78, 5) is 0.365. The van der Waals surface area contributed by atoms with E-state index in [0.717, 1.165) is 32.7 Å². The van der Waals surface area contributed by atoms with Gasteiger partial charge in [-0.25, -0.2) is 0 Å². The number of hydrogen-bond donors (Lipinski definition) is 0. The molecule has 16 heavy (non-hydrogen) atoms. The Morgan fingerprint density at radius 1 is 1.25 bits per heavy atom. The van der Waals surface area contributed by atoms with Crippen LogP contribution in [0.3, 0.4) is 0 Å². The predicted octanol–water partition coefficient (Wildman–Crippen LogP) is 2.80. The molecule has 2 unspecified atom stereocenters. The van der Waals surface area contributed by atoms with Gasteiger partial charge in [0, 0.05) is 6.61 Å². The maximum atomic E-state index is 5.77. The molecule has 1 aromatic carbocycles. The molecular weight excluding hydrogens is 268 g/mol. The lowest BCUT2D eigenvalue weighted by Gasteiger charge is -2.13. The molecule has 0 saturated carbocycles. The van der Waals surface area contributed by atoms with Gasteiger partial charge in [-0.1, -0.05) is 46.3 Å².